The van der Waals surface area contributed by atoms with E-state index in [1.807, 2.05) is 13.0 Å². The summed E-state index contributed by atoms with van der Waals surface area (Å²) in [5.41, 5.74) is 3.51. The average Bonchev–Trinajstić information content (AvgIpc) is 2.78. The summed E-state index contributed by atoms with van der Waals surface area (Å²) < 4.78 is 14.8. The van der Waals surface area contributed by atoms with Crippen LogP contribution in [-0.2, 0) is 16.1 Å². The Morgan fingerprint density at radius 3 is 2.44 bits per heavy atom. The molecule has 0 fully saturated rings. The minimum atomic E-state index is -0.470. The number of carbonyl (C=O) groups excluding carboxylic acids is 2. The molecular weight excluding hydrogens is 435 g/mol. The van der Waals surface area contributed by atoms with Gasteiger partial charge in [-0.05, 0) is 61.9 Å². The fraction of sp³-hybridized carbons (Fsp3) is 0.154. The molecule has 0 radical (unpaired) electrons. The molecule has 0 atom stereocenters. The molecule has 2 N–H and O–H groups in total. The van der Waals surface area contributed by atoms with Gasteiger partial charge in [-0.1, -0.05) is 23.8 Å². The van der Waals surface area contributed by atoms with Crippen LogP contribution < -0.4 is 16.2 Å². The Morgan fingerprint density at radius 1 is 0.971 bits per heavy atom. The molecule has 1 heterocycles. The van der Waals surface area contributed by atoms with Crippen LogP contribution in [0.1, 0.15) is 18.1 Å². The minimum Gasteiger partial charge on any atom is -0.326 e. The molecule has 172 valence electrons. The molecule has 8 heteroatoms. The van der Waals surface area contributed by atoms with Gasteiger partial charge in [-0.15, -0.1) is 0 Å². The van der Waals surface area contributed by atoms with E-state index < -0.39 is 17.3 Å². The smallest absolute Gasteiger partial charge is 0.278 e. The van der Waals surface area contributed by atoms with Gasteiger partial charge in [-0.25, -0.2) is 9.37 Å². The number of para-hydroxylation sites is 2. The van der Waals surface area contributed by atoms with Crippen LogP contribution in [0.5, 0.6) is 0 Å². The maximum atomic E-state index is 13.6. The Hall–Kier alpha value is -4.33. The number of nitrogens with one attached hydrogen (secondary N) is 2. The van der Waals surface area contributed by atoms with Crippen LogP contribution in [0.15, 0.2) is 65.5 Å². The number of aromatic nitrogens is 2. The van der Waals surface area contributed by atoms with E-state index in [2.05, 4.69) is 15.6 Å². The van der Waals surface area contributed by atoms with E-state index >= 15 is 0 Å². The molecule has 4 aromatic rings. The van der Waals surface area contributed by atoms with Crippen LogP contribution in [0.2, 0.25) is 0 Å². The third-order valence-corrected chi connectivity index (χ3v) is 5.36. The molecule has 2 amide bonds. The SMILES string of the molecule is CC(=O)Nc1ccc(C)cc1-c1nc2ccccc2n(CC(=O)Nc2ccc(F)cc2C)c1=O. The number of hydrogen-bond donors (Lipinski definition) is 2. The molecule has 0 unspecified atom stereocenters. The van der Waals surface area contributed by atoms with E-state index in [9.17, 15) is 18.8 Å². The summed E-state index contributed by atoms with van der Waals surface area (Å²) in [6, 6.07) is 16.4. The van der Waals surface area contributed by atoms with Crippen LogP contribution in [0.4, 0.5) is 15.8 Å². The molecule has 3 aromatic carbocycles. The van der Waals surface area contributed by atoms with Crippen molar-refractivity contribution in [2.45, 2.75) is 27.3 Å². The second-order valence-electron chi connectivity index (χ2n) is 8.08. The van der Waals surface area contributed by atoms with Gasteiger partial charge in [0.1, 0.15) is 18.1 Å². The topological polar surface area (TPSA) is 93.1 Å². The second-order valence-corrected chi connectivity index (χ2v) is 8.08. The highest BCUT2D eigenvalue weighted by Gasteiger charge is 2.18. The first-order valence-corrected chi connectivity index (χ1v) is 10.7. The van der Waals surface area contributed by atoms with Gasteiger partial charge < -0.3 is 10.6 Å². The Balaban J connectivity index is 1.82. The fourth-order valence-electron chi connectivity index (χ4n) is 3.78. The Morgan fingerprint density at radius 2 is 1.71 bits per heavy atom. The summed E-state index contributed by atoms with van der Waals surface area (Å²) in [5.74, 6) is -1.12. The quantitative estimate of drug-likeness (QED) is 0.463. The number of rotatable bonds is 5. The van der Waals surface area contributed by atoms with Gasteiger partial charge in [-0.3, -0.25) is 19.0 Å². The van der Waals surface area contributed by atoms with E-state index in [1.165, 1.54) is 29.7 Å². The molecule has 0 saturated heterocycles. The number of aryl methyl sites for hydroxylation is 2. The highest BCUT2D eigenvalue weighted by Crippen LogP contribution is 2.27. The summed E-state index contributed by atoms with van der Waals surface area (Å²) in [7, 11) is 0. The lowest BCUT2D eigenvalue weighted by Gasteiger charge is -2.15. The molecule has 0 spiro atoms. The predicted molar refractivity (Wildman–Crippen MR) is 130 cm³/mol. The van der Waals surface area contributed by atoms with E-state index in [1.54, 1.807) is 43.3 Å². The number of benzene rings is 3. The standard InChI is InChI=1S/C26H23FN4O3/c1-15-8-10-21(28-17(3)32)19(12-15)25-26(34)31(23-7-5-4-6-22(23)30-25)14-24(33)29-20-11-9-18(27)13-16(20)2/h4-13H,14H2,1-3H3,(H,28,32)(H,29,33). The normalized spacial score (nSPS) is 10.8. The lowest BCUT2D eigenvalue weighted by atomic mass is 10.1. The Kier molecular flexibility index (Phi) is 6.23. The lowest BCUT2D eigenvalue weighted by Crippen LogP contribution is -2.30. The zero-order valence-corrected chi connectivity index (χ0v) is 19.0. The molecule has 0 saturated carbocycles. The van der Waals surface area contributed by atoms with Crippen molar-refractivity contribution in [1.29, 1.82) is 0 Å². The number of nitrogens with zero attached hydrogens (tertiary/aromatic N) is 2. The number of fused-ring (bicyclic) bond motifs is 1. The highest BCUT2D eigenvalue weighted by molar-refractivity contribution is 5.95. The molecule has 1 aromatic heterocycles. The Bertz CT molecular complexity index is 1490. The molecule has 0 aliphatic heterocycles. The van der Waals surface area contributed by atoms with Crippen molar-refractivity contribution in [1.82, 2.24) is 9.55 Å². The average molecular weight is 458 g/mol. The number of hydrogen-bond acceptors (Lipinski definition) is 4. The third kappa shape index (κ3) is 4.71. The number of amides is 2. The first-order chi connectivity index (χ1) is 16.2. The lowest BCUT2D eigenvalue weighted by molar-refractivity contribution is -0.117. The summed E-state index contributed by atoms with van der Waals surface area (Å²) in [4.78, 5) is 42.8. The molecule has 0 aliphatic carbocycles. The summed E-state index contributed by atoms with van der Waals surface area (Å²) in [6.07, 6.45) is 0. The minimum absolute atomic E-state index is 0.122. The number of halogens is 1. The summed E-state index contributed by atoms with van der Waals surface area (Å²) in [5, 5.41) is 5.48. The third-order valence-electron chi connectivity index (χ3n) is 5.36. The van der Waals surface area contributed by atoms with Gasteiger partial charge in [-0.2, -0.15) is 0 Å². The summed E-state index contributed by atoms with van der Waals surface area (Å²) in [6.45, 7) is 4.68. The molecular formula is C26H23FN4O3. The van der Waals surface area contributed by atoms with Crippen LogP contribution in [0.25, 0.3) is 22.3 Å². The highest BCUT2D eigenvalue weighted by atomic mass is 19.1. The van der Waals surface area contributed by atoms with E-state index in [0.717, 1.165) is 5.56 Å². The van der Waals surface area contributed by atoms with Gasteiger partial charge in [0.05, 0.1) is 16.7 Å². The van der Waals surface area contributed by atoms with Gasteiger partial charge in [0, 0.05) is 18.2 Å². The second kappa shape index (κ2) is 9.27. The van der Waals surface area contributed by atoms with Gasteiger partial charge >= 0.3 is 0 Å². The van der Waals surface area contributed by atoms with Crippen molar-refractivity contribution in [3.63, 3.8) is 0 Å². The monoisotopic (exact) mass is 458 g/mol. The summed E-state index contributed by atoms with van der Waals surface area (Å²) >= 11 is 0. The van der Waals surface area contributed by atoms with Crippen molar-refractivity contribution in [2.75, 3.05) is 10.6 Å². The van der Waals surface area contributed by atoms with Crippen LogP contribution >= 0.6 is 0 Å². The van der Waals surface area contributed by atoms with Gasteiger partial charge in [0.15, 0.2) is 0 Å². The van der Waals surface area contributed by atoms with Crippen molar-refractivity contribution in [3.8, 4) is 11.3 Å². The van der Waals surface area contributed by atoms with Gasteiger partial charge in [0.2, 0.25) is 11.8 Å². The van der Waals surface area contributed by atoms with E-state index in [0.29, 0.717) is 33.5 Å². The van der Waals surface area contributed by atoms with Crippen LogP contribution in [-0.4, -0.2) is 21.4 Å². The van der Waals surface area contributed by atoms with E-state index in [-0.39, 0.29) is 18.1 Å². The van der Waals surface area contributed by atoms with Gasteiger partial charge in [0.25, 0.3) is 5.56 Å². The van der Waals surface area contributed by atoms with E-state index in [4.69, 9.17) is 0 Å². The number of carbonyl (C=O) groups is 2. The van der Waals surface area contributed by atoms with Crippen LogP contribution in [0, 0.1) is 19.7 Å². The first kappa shape index (κ1) is 22.8. The number of anilines is 2. The molecule has 0 aliphatic rings. The zero-order chi connectivity index (χ0) is 24.4. The first-order valence-electron chi connectivity index (χ1n) is 10.7. The van der Waals surface area contributed by atoms with Crippen LogP contribution in [0.3, 0.4) is 0 Å². The molecule has 7 nitrogen and oxygen atoms in total. The zero-order valence-electron chi connectivity index (χ0n) is 19.0. The predicted octanol–water partition coefficient (Wildman–Crippen LogP) is 4.42. The van der Waals surface area contributed by atoms with Crippen molar-refractivity contribution in [2.24, 2.45) is 0 Å². The maximum Gasteiger partial charge on any atom is 0.278 e. The van der Waals surface area contributed by atoms with Crippen molar-refractivity contribution in [3.05, 3.63) is 88.0 Å². The van der Waals surface area contributed by atoms with Crippen molar-refractivity contribution < 1.29 is 14.0 Å². The maximum absolute atomic E-state index is 13.6. The molecule has 34 heavy (non-hydrogen) atoms. The fourth-order valence-corrected chi connectivity index (χ4v) is 3.78. The molecule has 0 bridgehead atoms. The molecule has 4 rings (SSSR count). The Labute approximate surface area is 195 Å². The van der Waals surface area contributed by atoms with Crippen molar-refractivity contribution >= 4 is 34.2 Å². The largest absolute Gasteiger partial charge is 0.326 e.